The molecule has 100 valence electrons. The molecule has 1 aromatic carbocycles. The Morgan fingerprint density at radius 1 is 1.32 bits per heavy atom. The van der Waals surface area contributed by atoms with E-state index in [9.17, 15) is 0 Å². The highest BCUT2D eigenvalue weighted by Gasteiger charge is 2.04. The maximum atomic E-state index is 7.28. The molecular weight excluding hydrogens is 262 g/mol. The number of thiazole rings is 1. The molecule has 0 fully saturated rings. The molecule has 0 saturated carbocycles. The SMILES string of the molecule is COc1ccc(OCCc2nc(C(=N)N)cs2)cc1. The first-order valence-electron chi connectivity index (χ1n) is 5.74. The number of ether oxygens (including phenoxy) is 2. The molecule has 6 heteroatoms. The molecular formula is C13H15N3O2S. The summed E-state index contributed by atoms with van der Waals surface area (Å²) in [6, 6.07) is 7.43. The number of nitrogens with two attached hydrogens (primary N) is 1. The predicted molar refractivity (Wildman–Crippen MR) is 75.3 cm³/mol. The first-order valence-corrected chi connectivity index (χ1v) is 6.62. The molecule has 5 nitrogen and oxygen atoms in total. The average Bonchev–Trinajstić information content (AvgIpc) is 2.89. The summed E-state index contributed by atoms with van der Waals surface area (Å²) in [6.07, 6.45) is 0.698. The molecule has 2 rings (SSSR count). The summed E-state index contributed by atoms with van der Waals surface area (Å²) in [5, 5.41) is 9.98. The molecule has 0 atom stereocenters. The van der Waals surface area contributed by atoms with Gasteiger partial charge in [-0.2, -0.15) is 0 Å². The number of nitrogens with zero attached hydrogens (tertiary/aromatic N) is 1. The van der Waals surface area contributed by atoms with Gasteiger partial charge in [0.25, 0.3) is 0 Å². The molecule has 1 aromatic heterocycles. The van der Waals surface area contributed by atoms with Gasteiger partial charge in [-0.3, -0.25) is 5.41 Å². The lowest BCUT2D eigenvalue weighted by Gasteiger charge is -2.05. The predicted octanol–water partition coefficient (Wildman–Crippen LogP) is 2.06. The van der Waals surface area contributed by atoms with Gasteiger partial charge < -0.3 is 15.2 Å². The molecule has 0 saturated heterocycles. The normalized spacial score (nSPS) is 10.2. The highest BCUT2D eigenvalue weighted by molar-refractivity contribution is 7.09. The van der Waals surface area contributed by atoms with Crippen LogP contribution < -0.4 is 15.2 Å². The number of benzene rings is 1. The van der Waals surface area contributed by atoms with Crippen LogP contribution in [0.4, 0.5) is 0 Å². The third kappa shape index (κ3) is 3.69. The van der Waals surface area contributed by atoms with Gasteiger partial charge in [0.1, 0.15) is 23.0 Å². The second kappa shape index (κ2) is 6.19. The lowest BCUT2D eigenvalue weighted by molar-refractivity contribution is 0.321. The summed E-state index contributed by atoms with van der Waals surface area (Å²) in [4.78, 5) is 4.24. The fraction of sp³-hybridized carbons (Fsp3) is 0.231. The average molecular weight is 277 g/mol. The summed E-state index contributed by atoms with van der Waals surface area (Å²) in [5.74, 6) is 1.60. The molecule has 0 amide bonds. The third-order valence-corrected chi connectivity index (χ3v) is 3.38. The van der Waals surface area contributed by atoms with Gasteiger partial charge in [0.05, 0.1) is 18.7 Å². The van der Waals surface area contributed by atoms with Crippen molar-refractivity contribution in [2.24, 2.45) is 5.73 Å². The number of amidine groups is 1. The Hall–Kier alpha value is -2.08. The molecule has 0 aliphatic heterocycles. The van der Waals surface area contributed by atoms with E-state index in [1.54, 1.807) is 12.5 Å². The van der Waals surface area contributed by atoms with Crippen molar-refractivity contribution in [1.29, 1.82) is 5.41 Å². The van der Waals surface area contributed by atoms with E-state index in [0.29, 0.717) is 18.7 Å². The number of methoxy groups -OCH3 is 1. The van der Waals surface area contributed by atoms with Crippen LogP contribution in [-0.2, 0) is 6.42 Å². The molecule has 19 heavy (non-hydrogen) atoms. The van der Waals surface area contributed by atoms with E-state index in [4.69, 9.17) is 20.6 Å². The topological polar surface area (TPSA) is 81.2 Å². The lowest BCUT2D eigenvalue weighted by atomic mass is 10.3. The Kier molecular flexibility index (Phi) is 4.35. The molecule has 1 heterocycles. The fourth-order valence-corrected chi connectivity index (χ4v) is 2.26. The van der Waals surface area contributed by atoms with Crippen molar-refractivity contribution in [1.82, 2.24) is 4.98 Å². The standard InChI is InChI=1S/C13H15N3O2S/c1-17-9-2-4-10(5-3-9)18-7-6-12-16-11(8-19-12)13(14)15/h2-5,8H,6-7H2,1H3,(H3,14,15). The van der Waals surface area contributed by atoms with E-state index in [0.717, 1.165) is 16.5 Å². The Balaban J connectivity index is 1.83. The molecule has 0 radical (unpaired) electrons. The van der Waals surface area contributed by atoms with Gasteiger partial charge in [-0.25, -0.2) is 4.98 Å². The minimum atomic E-state index is -0.00132. The van der Waals surface area contributed by atoms with E-state index in [-0.39, 0.29) is 5.84 Å². The van der Waals surface area contributed by atoms with Gasteiger partial charge in [-0.1, -0.05) is 0 Å². The Morgan fingerprint density at radius 3 is 2.58 bits per heavy atom. The van der Waals surface area contributed by atoms with Crippen LogP contribution in [-0.4, -0.2) is 24.5 Å². The summed E-state index contributed by atoms with van der Waals surface area (Å²) in [5.41, 5.74) is 5.89. The number of hydrogen-bond acceptors (Lipinski definition) is 5. The zero-order chi connectivity index (χ0) is 13.7. The fourth-order valence-electron chi connectivity index (χ4n) is 1.48. The molecule has 0 unspecified atom stereocenters. The smallest absolute Gasteiger partial charge is 0.142 e. The minimum absolute atomic E-state index is 0.00132. The number of aromatic nitrogens is 1. The number of nitrogens with one attached hydrogen (secondary N) is 1. The van der Waals surface area contributed by atoms with Crippen molar-refractivity contribution >= 4 is 17.2 Å². The van der Waals surface area contributed by atoms with Crippen molar-refractivity contribution in [2.45, 2.75) is 6.42 Å². The molecule has 0 bridgehead atoms. The molecule has 0 aliphatic rings. The first kappa shape index (κ1) is 13.4. The maximum absolute atomic E-state index is 7.28. The lowest BCUT2D eigenvalue weighted by Crippen LogP contribution is -2.11. The van der Waals surface area contributed by atoms with E-state index >= 15 is 0 Å². The number of nitrogen functional groups attached to an aromatic ring is 1. The zero-order valence-electron chi connectivity index (χ0n) is 10.6. The highest BCUT2D eigenvalue weighted by atomic mass is 32.1. The summed E-state index contributed by atoms with van der Waals surface area (Å²) < 4.78 is 10.7. The monoisotopic (exact) mass is 277 g/mol. The van der Waals surface area contributed by atoms with Crippen LogP contribution in [0.5, 0.6) is 11.5 Å². The second-order valence-electron chi connectivity index (χ2n) is 3.81. The van der Waals surface area contributed by atoms with Crippen molar-refractivity contribution in [3.8, 4) is 11.5 Å². The maximum Gasteiger partial charge on any atom is 0.142 e. The van der Waals surface area contributed by atoms with E-state index in [1.165, 1.54) is 11.3 Å². The first-order chi connectivity index (χ1) is 9.19. The molecule has 3 N–H and O–H groups in total. The third-order valence-electron chi connectivity index (χ3n) is 2.47. The largest absolute Gasteiger partial charge is 0.497 e. The van der Waals surface area contributed by atoms with Crippen LogP contribution >= 0.6 is 11.3 Å². The van der Waals surface area contributed by atoms with Gasteiger partial charge >= 0.3 is 0 Å². The molecule has 2 aromatic rings. The minimum Gasteiger partial charge on any atom is -0.497 e. The van der Waals surface area contributed by atoms with E-state index in [1.807, 2.05) is 24.3 Å². The van der Waals surface area contributed by atoms with Crippen LogP contribution in [0, 0.1) is 5.41 Å². The van der Waals surface area contributed by atoms with E-state index in [2.05, 4.69) is 4.98 Å². The van der Waals surface area contributed by atoms with Crippen molar-refractivity contribution in [3.63, 3.8) is 0 Å². The van der Waals surface area contributed by atoms with Gasteiger partial charge in [0.15, 0.2) is 0 Å². The van der Waals surface area contributed by atoms with Crippen LogP contribution in [0.25, 0.3) is 0 Å². The van der Waals surface area contributed by atoms with Crippen LogP contribution in [0.1, 0.15) is 10.7 Å². The van der Waals surface area contributed by atoms with Crippen LogP contribution in [0.2, 0.25) is 0 Å². The van der Waals surface area contributed by atoms with E-state index < -0.39 is 0 Å². The number of hydrogen-bond donors (Lipinski definition) is 2. The van der Waals surface area contributed by atoms with Crippen molar-refractivity contribution in [2.75, 3.05) is 13.7 Å². The Bertz CT molecular complexity index is 551. The summed E-state index contributed by atoms with van der Waals surface area (Å²) in [6.45, 7) is 0.539. The van der Waals surface area contributed by atoms with Crippen molar-refractivity contribution < 1.29 is 9.47 Å². The van der Waals surface area contributed by atoms with Crippen molar-refractivity contribution in [3.05, 3.63) is 40.3 Å². The number of rotatable bonds is 6. The highest BCUT2D eigenvalue weighted by Crippen LogP contribution is 2.17. The molecule has 0 aliphatic carbocycles. The van der Waals surface area contributed by atoms with Crippen LogP contribution in [0.15, 0.2) is 29.6 Å². The van der Waals surface area contributed by atoms with Gasteiger partial charge in [-0.15, -0.1) is 11.3 Å². The van der Waals surface area contributed by atoms with Gasteiger partial charge in [0.2, 0.25) is 0 Å². The molecule has 0 spiro atoms. The van der Waals surface area contributed by atoms with Gasteiger partial charge in [-0.05, 0) is 24.3 Å². The zero-order valence-corrected chi connectivity index (χ0v) is 11.4. The van der Waals surface area contributed by atoms with Gasteiger partial charge in [0, 0.05) is 11.8 Å². The van der Waals surface area contributed by atoms with Crippen LogP contribution in [0.3, 0.4) is 0 Å². The Morgan fingerprint density at radius 2 is 2.00 bits per heavy atom. The Labute approximate surface area is 115 Å². The quantitative estimate of drug-likeness (QED) is 0.625. The summed E-state index contributed by atoms with van der Waals surface area (Å²) in [7, 11) is 1.63. The summed E-state index contributed by atoms with van der Waals surface area (Å²) >= 11 is 1.49. The second-order valence-corrected chi connectivity index (χ2v) is 4.76.